The summed E-state index contributed by atoms with van der Waals surface area (Å²) >= 11 is 0. The molecule has 0 bridgehead atoms. The van der Waals surface area contributed by atoms with Crippen molar-refractivity contribution in [2.75, 3.05) is 12.8 Å². The summed E-state index contributed by atoms with van der Waals surface area (Å²) in [5.74, 6) is 0.325. The number of methoxy groups -OCH3 is 1. The summed E-state index contributed by atoms with van der Waals surface area (Å²) < 4.78 is 5.05. The first-order valence-corrected chi connectivity index (χ1v) is 5.52. The van der Waals surface area contributed by atoms with Crippen LogP contribution in [0.1, 0.15) is 23.2 Å². The van der Waals surface area contributed by atoms with Crippen LogP contribution in [0.15, 0.2) is 18.2 Å². The molecule has 0 aliphatic heterocycles. The number of carbonyl (C=O) groups excluding carboxylic acids is 1. The number of nitrogens with one attached hydrogen (secondary N) is 1. The fourth-order valence-electron chi connectivity index (χ4n) is 1.83. The van der Waals surface area contributed by atoms with Crippen LogP contribution in [0.4, 0.5) is 5.69 Å². The number of hydrogen-bond acceptors (Lipinski definition) is 4. The first kappa shape index (κ1) is 11.7. The quantitative estimate of drug-likeness (QED) is 0.668. The van der Waals surface area contributed by atoms with Gasteiger partial charge in [0.25, 0.3) is 5.91 Å². The normalized spacial score (nSPS) is 22.7. The Morgan fingerprint density at radius 2 is 2.24 bits per heavy atom. The maximum Gasteiger partial charge on any atom is 0.251 e. The Labute approximate surface area is 99.6 Å². The van der Waals surface area contributed by atoms with E-state index in [0.29, 0.717) is 29.8 Å². The molecular weight excluding hydrogens is 220 g/mol. The molecule has 1 saturated carbocycles. The van der Waals surface area contributed by atoms with Crippen molar-refractivity contribution in [1.82, 2.24) is 5.32 Å². The van der Waals surface area contributed by atoms with Gasteiger partial charge in [-0.05, 0) is 31.0 Å². The van der Waals surface area contributed by atoms with E-state index in [4.69, 9.17) is 15.6 Å². The fourth-order valence-corrected chi connectivity index (χ4v) is 1.83. The van der Waals surface area contributed by atoms with Gasteiger partial charge in [-0.2, -0.15) is 0 Å². The molecular formula is C12H16N2O3. The van der Waals surface area contributed by atoms with Crippen LogP contribution in [0.3, 0.4) is 0 Å². The van der Waals surface area contributed by atoms with Gasteiger partial charge in [0, 0.05) is 11.6 Å². The van der Waals surface area contributed by atoms with Crippen molar-refractivity contribution in [1.29, 1.82) is 0 Å². The Hall–Kier alpha value is -1.75. The van der Waals surface area contributed by atoms with Gasteiger partial charge in [0.15, 0.2) is 0 Å². The van der Waals surface area contributed by atoms with Crippen molar-refractivity contribution in [2.24, 2.45) is 0 Å². The zero-order valence-corrected chi connectivity index (χ0v) is 9.64. The van der Waals surface area contributed by atoms with E-state index < -0.39 is 0 Å². The maximum atomic E-state index is 11.8. The van der Waals surface area contributed by atoms with Crippen LogP contribution in [0.5, 0.6) is 5.75 Å². The third kappa shape index (κ3) is 2.50. The Morgan fingerprint density at radius 3 is 2.82 bits per heavy atom. The number of amides is 1. The number of hydrogen-bond donors (Lipinski definition) is 3. The first-order valence-electron chi connectivity index (χ1n) is 5.52. The number of aliphatic hydroxyl groups is 1. The number of ether oxygens (including phenoxy) is 1. The van der Waals surface area contributed by atoms with Gasteiger partial charge in [0.2, 0.25) is 0 Å². The van der Waals surface area contributed by atoms with E-state index in [0.717, 1.165) is 0 Å². The molecule has 1 aliphatic rings. The molecule has 5 nitrogen and oxygen atoms in total. The van der Waals surface area contributed by atoms with Gasteiger partial charge in [-0.1, -0.05) is 0 Å². The van der Waals surface area contributed by atoms with E-state index >= 15 is 0 Å². The fraction of sp³-hybridized carbons (Fsp3) is 0.417. The van der Waals surface area contributed by atoms with Gasteiger partial charge in [-0.25, -0.2) is 0 Å². The number of benzene rings is 1. The molecule has 1 aromatic carbocycles. The Balaban J connectivity index is 2.03. The van der Waals surface area contributed by atoms with Crippen molar-refractivity contribution in [2.45, 2.75) is 25.0 Å². The lowest BCUT2D eigenvalue weighted by Crippen LogP contribution is -2.46. The largest absolute Gasteiger partial charge is 0.495 e. The van der Waals surface area contributed by atoms with Gasteiger partial charge in [0.05, 0.1) is 18.9 Å². The molecule has 0 saturated heterocycles. The highest BCUT2D eigenvalue weighted by Crippen LogP contribution is 2.23. The second-order valence-electron chi connectivity index (χ2n) is 4.25. The average Bonchev–Trinajstić information content (AvgIpc) is 2.27. The summed E-state index contributed by atoms with van der Waals surface area (Å²) in [4.78, 5) is 11.8. The molecule has 2 rings (SSSR count). The highest BCUT2D eigenvalue weighted by Gasteiger charge is 2.28. The molecule has 0 spiro atoms. The maximum absolute atomic E-state index is 11.8. The number of rotatable bonds is 3. The molecule has 1 amide bonds. The predicted octanol–water partition coefficient (Wildman–Crippen LogP) is 0.531. The summed E-state index contributed by atoms with van der Waals surface area (Å²) in [5.41, 5.74) is 6.68. The van der Waals surface area contributed by atoms with Crippen molar-refractivity contribution in [3.8, 4) is 5.75 Å². The van der Waals surface area contributed by atoms with Crippen LogP contribution < -0.4 is 15.8 Å². The third-order valence-electron chi connectivity index (χ3n) is 2.94. The van der Waals surface area contributed by atoms with Crippen molar-refractivity contribution < 1.29 is 14.6 Å². The standard InChI is InChI=1S/C12H16N2O3/c1-17-11-4-7(2-3-10(11)13)12(16)14-8-5-9(15)6-8/h2-4,8-9,15H,5-6,13H2,1H3,(H,14,16). The van der Waals surface area contributed by atoms with Crippen molar-refractivity contribution in [3.63, 3.8) is 0 Å². The molecule has 0 atom stereocenters. The molecule has 4 N–H and O–H groups in total. The second kappa shape index (κ2) is 4.63. The summed E-state index contributed by atoms with van der Waals surface area (Å²) in [5, 5.41) is 12.0. The lowest BCUT2D eigenvalue weighted by Gasteiger charge is -2.31. The second-order valence-corrected chi connectivity index (χ2v) is 4.25. The van der Waals surface area contributed by atoms with Crippen molar-refractivity contribution in [3.05, 3.63) is 23.8 Å². The molecule has 92 valence electrons. The monoisotopic (exact) mass is 236 g/mol. The van der Waals surface area contributed by atoms with Crippen LogP contribution >= 0.6 is 0 Å². The van der Waals surface area contributed by atoms with Crippen LogP contribution in [-0.2, 0) is 0 Å². The highest BCUT2D eigenvalue weighted by atomic mass is 16.5. The smallest absolute Gasteiger partial charge is 0.251 e. The highest BCUT2D eigenvalue weighted by molar-refractivity contribution is 5.95. The van der Waals surface area contributed by atoms with Crippen LogP contribution in [-0.4, -0.2) is 30.3 Å². The minimum atomic E-state index is -0.277. The van der Waals surface area contributed by atoms with Gasteiger partial charge in [0.1, 0.15) is 5.75 Å². The molecule has 0 radical (unpaired) electrons. The zero-order chi connectivity index (χ0) is 12.4. The Kier molecular flexibility index (Phi) is 3.19. The van der Waals surface area contributed by atoms with E-state index in [1.54, 1.807) is 18.2 Å². The lowest BCUT2D eigenvalue weighted by atomic mass is 9.89. The number of nitrogen functional groups attached to an aromatic ring is 1. The van der Waals surface area contributed by atoms with Gasteiger partial charge >= 0.3 is 0 Å². The first-order chi connectivity index (χ1) is 8.10. The predicted molar refractivity (Wildman–Crippen MR) is 63.9 cm³/mol. The van der Waals surface area contributed by atoms with E-state index in [2.05, 4.69) is 5.32 Å². The lowest BCUT2D eigenvalue weighted by molar-refractivity contribution is 0.0562. The SMILES string of the molecule is COc1cc(C(=O)NC2CC(O)C2)ccc1N. The minimum Gasteiger partial charge on any atom is -0.495 e. The van der Waals surface area contributed by atoms with Gasteiger partial charge < -0.3 is 20.9 Å². The number of aliphatic hydroxyl groups excluding tert-OH is 1. The van der Waals surface area contributed by atoms with Gasteiger partial charge in [-0.3, -0.25) is 4.79 Å². The molecule has 17 heavy (non-hydrogen) atoms. The van der Waals surface area contributed by atoms with E-state index in [1.807, 2.05) is 0 Å². The summed E-state index contributed by atoms with van der Waals surface area (Å²) in [6.45, 7) is 0. The molecule has 0 heterocycles. The third-order valence-corrected chi connectivity index (χ3v) is 2.94. The van der Waals surface area contributed by atoms with Crippen LogP contribution in [0, 0.1) is 0 Å². The van der Waals surface area contributed by atoms with E-state index in [-0.39, 0.29) is 18.1 Å². The zero-order valence-electron chi connectivity index (χ0n) is 9.64. The van der Waals surface area contributed by atoms with Crippen molar-refractivity contribution >= 4 is 11.6 Å². The van der Waals surface area contributed by atoms with Crippen LogP contribution in [0.2, 0.25) is 0 Å². The Bertz CT molecular complexity index is 428. The number of anilines is 1. The Morgan fingerprint density at radius 1 is 1.53 bits per heavy atom. The molecule has 1 aromatic rings. The molecule has 0 unspecified atom stereocenters. The van der Waals surface area contributed by atoms with E-state index in [1.165, 1.54) is 7.11 Å². The topological polar surface area (TPSA) is 84.6 Å². The molecule has 5 heteroatoms. The minimum absolute atomic E-state index is 0.0704. The summed E-state index contributed by atoms with van der Waals surface area (Å²) in [6.07, 6.45) is 0.969. The molecule has 0 aromatic heterocycles. The van der Waals surface area contributed by atoms with E-state index in [9.17, 15) is 4.79 Å². The number of carbonyl (C=O) groups is 1. The number of nitrogens with two attached hydrogens (primary N) is 1. The molecule has 1 aliphatic carbocycles. The van der Waals surface area contributed by atoms with Gasteiger partial charge in [-0.15, -0.1) is 0 Å². The average molecular weight is 236 g/mol. The summed E-state index contributed by atoms with van der Waals surface area (Å²) in [7, 11) is 1.51. The van der Waals surface area contributed by atoms with Crippen LogP contribution in [0.25, 0.3) is 0 Å². The molecule has 1 fully saturated rings. The summed E-state index contributed by atoms with van der Waals surface area (Å²) in [6, 6.07) is 4.98.